The number of rotatable bonds is 11. The lowest BCUT2D eigenvalue weighted by Gasteiger charge is -2.01. The fourth-order valence-corrected chi connectivity index (χ4v) is 2.61. The SMILES string of the molecule is CCCCCCCCCCC(=O)N/N=C/c1ccsc1. The third-order valence-corrected chi connectivity index (χ3v) is 3.90. The lowest BCUT2D eigenvalue weighted by molar-refractivity contribution is -0.121. The zero-order chi connectivity index (χ0) is 14.5. The third-order valence-electron chi connectivity index (χ3n) is 3.20. The second-order valence-electron chi connectivity index (χ2n) is 5.07. The van der Waals surface area contributed by atoms with Crippen molar-refractivity contribution >= 4 is 23.5 Å². The van der Waals surface area contributed by atoms with Crippen LogP contribution >= 0.6 is 11.3 Å². The topological polar surface area (TPSA) is 41.5 Å². The molecule has 0 spiro atoms. The van der Waals surface area contributed by atoms with Crippen molar-refractivity contribution in [2.24, 2.45) is 5.10 Å². The smallest absolute Gasteiger partial charge is 0.240 e. The second-order valence-corrected chi connectivity index (χ2v) is 5.85. The van der Waals surface area contributed by atoms with E-state index in [9.17, 15) is 4.79 Å². The summed E-state index contributed by atoms with van der Waals surface area (Å²) in [7, 11) is 0. The van der Waals surface area contributed by atoms with Gasteiger partial charge in [0.15, 0.2) is 0 Å². The Morgan fingerprint density at radius 3 is 2.55 bits per heavy atom. The van der Waals surface area contributed by atoms with E-state index >= 15 is 0 Å². The lowest BCUT2D eigenvalue weighted by atomic mass is 10.1. The first-order chi connectivity index (χ1) is 9.83. The van der Waals surface area contributed by atoms with Crippen LogP contribution in [0.2, 0.25) is 0 Å². The Hall–Kier alpha value is -1.16. The minimum Gasteiger partial charge on any atom is -0.273 e. The van der Waals surface area contributed by atoms with Gasteiger partial charge in [-0.3, -0.25) is 4.79 Å². The molecule has 1 aromatic heterocycles. The zero-order valence-corrected chi connectivity index (χ0v) is 13.3. The van der Waals surface area contributed by atoms with E-state index < -0.39 is 0 Å². The van der Waals surface area contributed by atoms with Crippen LogP contribution in [0.3, 0.4) is 0 Å². The van der Waals surface area contributed by atoms with Crippen LogP contribution in [0.25, 0.3) is 0 Å². The minimum absolute atomic E-state index is 0.0162. The Morgan fingerprint density at radius 2 is 1.90 bits per heavy atom. The van der Waals surface area contributed by atoms with Gasteiger partial charge in [0, 0.05) is 12.0 Å². The summed E-state index contributed by atoms with van der Waals surface area (Å²) < 4.78 is 0. The Bertz CT molecular complexity index is 374. The van der Waals surface area contributed by atoms with Crippen LogP contribution in [-0.2, 0) is 4.79 Å². The molecular weight excluding hydrogens is 268 g/mol. The maximum atomic E-state index is 11.5. The molecule has 0 unspecified atom stereocenters. The predicted molar refractivity (Wildman–Crippen MR) is 87.3 cm³/mol. The molecule has 0 fully saturated rings. The molecule has 4 heteroatoms. The average molecular weight is 294 g/mol. The van der Waals surface area contributed by atoms with Crippen LogP contribution in [0.15, 0.2) is 21.9 Å². The van der Waals surface area contributed by atoms with E-state index in [-0.39, 0.29) is 5.91 Å². The minimum atomic E-state index is 0.0162. The number of nitrogens with zero attached hydrogens (tertiary/aromatic N) is 1. The van der Waals surface area contributed by atoms with Gasteiger partial charge >= 0.3 is 0 Å². The van der Waals surface area contributed by atoms with Gasteiger partial charge in [0.1, 0.15) is 0 Å². The van der Waals surface area contributed by atoms with Crippen LogP contribution in [0.4, 0.5) is 0 Å². The molecule has 0 aliphatic carbocycles. The molecule has 1 N–H and O–H groups in total. The van der Waals surface area contributed by atoms with Gasteiger partial charge in [0.25, 0.3) is 0 Å². The van der Waals surface area contributed by atoms with Crippen molar-refractivity contribution in [3.05, 3.63) is 22.4 Å². The Morgan fingerprint density at radius 1 is 1.20 bits per heavy atom. The number of nitrogens with one attached hydrogen (secondary N) is 1. The van der Waals surface area contributed by atoms with Crippen LogP contribution in [0.1, 0.15) is 70.3 Å². The summed E-state index contributed by atoms with van der Waals surface area (Å²) in [6.45, 7) is 2.24. The third kappa shape index (κ3) is 8.86. The fourth-order valence-electron chi connectivity index (χ4n) is 2.00. The van der Waals surface area contributed by atoms with E-state index in [2.05, 4.69) is 17.5 Å². The lowest BCUT2D eigenvalue weighted by Crippen LogP contribution is -2.16. The van der Waals surface area contributed by atoms with Crippen molar-refractivity contribution in [1.29, 1.82) is 0 Å². The Balaban J connectivity index is 1.92. The van der Waals surface area contributed by atoms with Crippen molar-refractivity contribution in [1.82, 2.24) is 5.43 Å². The Kier molecular flexibility index (Phi) is 9.84. The first-order valence-corrected chi connectivity index (χ1v) is 8.61. The summed E-state index contributed by atoms with van der Waals surface area (Å²) in [5, 5.41) is 7.93. The molecule has 0 aliphatic heterocycles. The summed E-state index contributed by atoms with van der Waals surface area (Å²) in [6, 6.07) is 1.97. The van der Waals surface area contributed by atoms with Crippen molar-refractivity contribution in [3.8, 4) is 0 Å². The van der Waals surface area contributed by atoms with Gasteiger partial charge in [-0.15, -0.1) is 0 Å². The molecule has 112 valence electrons. The summed E-state index contributed by atoms with van der Waals surface area (Å²) >= 11 is 1.62. The van der Waals surface area contributed by atoms with Crippen molar-refractivity contribution in [2.45, 2.75) is 64.7 Å². The van der Waals surface area contributed by atoms with Crippen LogP contribution in [0, 0.1) is 0 Å². The highest BCUT2D eigenvalue weighted by molar-refractivity contribution is 7.08. The van der Waals surface area contributed by atoms with Gasteiger partial charge in [-0.2, -0.15) is 16.4 Å². The van der Waals surface area contributed by atoms with Gasteiger partial charge < -0.3 is 0 Å². The maximum Gasteiger partial charge on any atom is 0.240 e. The molecule has 0 radical (unpaired) electrons. The largest absolute Gasteiger partial charge is 0.273 e. The summed E-state index contributed by atoms with van der Waals surface area (Å²) in [5.74, 6) is 0.0162. The summed E-state index contributed by atoms with van der Waals surface area (Å²) in [6.07, 6.45) is 12.3. The number of thiophene rings is 1. The number of carbonyl (C=O) groups excluding carboxylic acids is 1. The van der Waals surface area contributed by atoms with Crippen molar-refractivity contribution in [2.75, 3.05) is 0 Å². The first kappa shape index (κ1) is 16.9. The number of unbranched alkanes of at least 4 members (excludes halogenated alkanes) is 7. The summed E-state index contributed by atoms with van der Waals surface area (Å²) in [4.78, 5) is 11.5. The molecule has 0 aromatic carbocycles. The molecule has 0 aliphatic rings. The van der Waals surface area contributed by atoms with E-state index in [0.29, 0.717) is 6.42 Å². The molecule has 3 nitrogen and oxygen atoms in total. The molecule has 1 heterocycles. The molecule has 0 atom stereocenters. The zero-order valence-electron chi connectivity index (χ0n) is 12.4. The van der Waals surface area contributed by atoms with E-state index in [1.165, 1.54) is 38.5 Å². The van der Waals surface area contributed by atoms with Crippen LogP contribution < -0.4 is 5.43 Å². The number of hydrogen-bond donors (Lipinski definition) is 1. The van der Waals surface area contributed by atoms with E-state index in [0.717, 1.165) is 18.4 Å². The van der Waals surface area contributed by atoms with Gasteiger partial charge in [0.05, 0.1) is 6.21 Å². The monoisotopic (exact) mass is 294 g/mol. The molecule has 0 saturated carbocycles. The van der Waals surface area contributed by atoms with Gasteiger partial charge in [0.2, 0.25) is 5.91 Å². The number of hydrazone groups is 1. The van der Waals surface area contributed by atoms with Gasteiger partial charge in [-0.1, -0.05) is 51.9 Å². The molecule has 1 amide bonds. The number of carbonyl (C=O) groups is 1. The fraction of sp³-hybridized carbons (Fsp3) is 0.625. The molecule has 1 rings (SSSR count). The molecule has 20 heavy (non-hydrogen) atoms. The van der Waals surface area contributed by atoms with Crippen LogP contribution in [-0.4, -0.2) is 12.1 Å². The summed E-state index contributed by atoms with van der Waals surface area (Å²) in [5.41, 5.74) is 3.60. The molecule has 0 bridgehead atoms. The Labute approximate surface area is 126 Å². The maximum absolute atomic E-state index is 11.5. The van der Waals surface area contributed by atoms with E-state index in [1.807, 2.05) is 16.8 Å². The molecule has 0 saturated heterocycles. The van der Waals surface area contributed by atoms with Gasteiger partial charge in [-0.25, -0.2) is 5.43 Å². The van der Waals surface area contributed by atoms with Crippen molar-refractivity contribution < 1.29 is 4.79 Å². The van der Waals surface area contributed by atoms with Gasteiger partial charge in [-0.05, 0) is 23.2 Å². The highest BCUT2D eigenvalue weighted by Crippen LogP contribution is 2.09. The average Bonchev–Trinajstić information content (AvgIpc) is 2.95. The molecule has 1 aromatic rings. The predicted octanol–water partition coefficient (Wildman–Crippen LogP) is 4.73. The molecular formula is C16H26N2OS. The quantitative estimate of drug-likeness (QED) is 0.358. The standard InChI is InChI=1S/C16H26N2OS/c1-2-3-4-5-6-7-8-9-10-16(19)18-17-13-15-11-12-20-14-15/h11-14H,2-10H2,1H3,(H,18,19)/b17-13+. The number of amides is 1. The van der Waals surface area contributed by atoms with Crippen molar-refractivity contribution in [3.63, 3.8) is 0 Å². The van der Waals surface area contributed by atoms with Crippen LogP contribution in [0.5, 0.6) is 0 Å². The second kappa shape index (κ2) is 11.6. The van der Waals surface area contributed by atoms with E-state index in [1.54, 1.807) is 17.6 Å². The van der Waals surface area contributed by atoms with E-state index in [4.69, 9.17) is 0 Å². The highest BCUT2D eigenvalue weighted by atomic mass is 32.1. The first-order valence-electron chi connectivity index (χ1n) is 7.67. The number of hydrogen-bond acceptors (Lipinski definition) is 3. The highest BCUT2D eigenvalue weighted by Gasteiger charge is 1.99. The normalized spacial score (nSPS) is 11.1.